The lowest BCUT2D eigenvalue weighted by atomic mass is 10.2. The molecule has 10 heavy (non-hydrogen) atoms. The van der Waals surface area contributed by atoms with Gasteiger partial charge in [-0.1, -0.05) is 0 Å². The summed E-state index contributed by atoms with van der Waals surface area (Å²) < 4.78 is 0. The van der Waals surface area contributed by atoms with Crippen LogP contribution in [0.15, 0.2) is 11.3 Å². The Hall–Kier alpha value is -0.870. The Kier molecular flexibility index (Phi) is 3.68. The van der Waals surface area contributed by atoms with Gasteiger partial charge in [-0.3, -0.25) is 5.84 Å². The van der Waals surface area contributed by atoms with E-state index in [9.17, 15) is 0 Å². The topological polar surface area (TPSA) is 79.1 Å². The van der Waals surface area contributed by atoms with E-state index in [-0.39, 0.29) is 0 Å². The number of nitrogens with zero attached hydrogens (tertiary/aromatic N) is 1. The van der Waals surface area contributed by atoms with Gasteiger partial charge in [0.2, 0.25) is 0 Å². The van der Waals surface area contributed by atoms with Crippen molar-refractivity contribution in [2.45, 2.75) is 6.92 Å². The summed E-state index contributed by atoms with van der Waals surface area (Å²) >= 11 is 0. The number of likely N-dealkylation sites (N-methyl/N-ethyl adjacent to an activating group) is 1. The third kappa shape index (κ3) is 3.21. The molecule has 0 bridgehead atoms. The first-order valence-electron chi connectivity index (χ1n) is 2.99. The maximum atomic E-state index is 6.94. The largest absolute Gasteiger partial charge is 0.402 e. The van der Waals surface area contributed by atoms with Crippen LogP contribution in [0.2, 0.25) is 0 Å². The van der Waals surface area contributed by atoms with Crippen LogP contribution in [0, 0.1) is 5.41 Å². The molecule has 0 aromatic carbocycles. The van der Waals surface area contributed by atoms with Gasteiger partial charge in [-0.05, 0) is 6.92 Å². The third-order valence-corrected chi connectivity index (χ3v) is 1.10. The molecule has 0 atom stereocenters. The van der Waals surface area contributed by atoms with E-state index in [1.54, 1.807) is 14.0 Å². The molecule has 0 spiro atoms. The number of hydrazine groups is 1. The van der Waals surface area contributed by atoms with Gasteiger partial charge in [-0.25, -0.2) is 5.01 Å². The van der Waals surface area contributed by atoms with Crippen molar-refractivity contribution in [1.29, 1.82) is 5.41 Å². The quantitative estimate of drug-likeness (QED) is 0.287. The van der Waals surface area contributed by atoms with E-state index >= 15 is 0 Å². The number of nitrogens with one attached hydrogen (secondary N) is 1. The van der Waals surface area contributed by atoms with Gasteiger partial charge < -0.3 is 11.1 Å². The van der Waals surface area contributed by atoms with Crippen LogP contribution >= 0.6 is 0 Å². The monoisotopic (exact) mass is 142 g/mol. The van der Waals surface area contributed by atoms with Crippen LogP contribution in [-0.4, -0.2) is 24.8 Å². The fourth-order valence-electron chi connectivity index (χ4n) is 0.553. The lowest BCUT2D eigenvalue weighted by molar-refractivity contribution is 0.384. The first-order valence-corrected chi connectivity index (χ1v) is 2.99. The molecule has 0 radical (unpaired) electrons. The molecule has 0 unspecified atom stereocenters. The van der Waals surface area contributed by atoms with E-state index in [2.05, 4.69) is 0 Å². The van der Waals surface area contributed by atoms with Crippen LogP contribution in [0.25, 0.3) is 0 Å². The lowest BCUT2D eigenvalue weighted by Gasteiger charge is -2.10. The summed E-state index contributed by atoms with van der Waals surface area (Å²) in [4.78, 5) is 0. The predicted octanol–water partition coefficient (Wildman–Crippen LogP) is -0.326. The molecule has 0 aliphatic heterocycles. The SMILES string of the molecule is CC(N)=C(C=N)CN(C)N. The number of rotatable bonds is 3. The molecule has 4 nitrogen and oxygen atoms in total. The third-order valence-electron chi connectivity index (χ3n) is 1.10. The van der Waals surface area contributed by atoms with E-state index in [0.29, 0.717) is 12.2 Å². The summed E-state index contributed by atoms with van der Waals surface area (Å²) in [6.07, 6.45) is 1.22. The highest BCUT2D eigenvalue weighted by Crippen LogP contribution is 1.94. The summed E-state index contributed by atoms with van der Waals surface area (Å²) in [7, 11) is 1.73. The summed E-state index contributed by atoms with van der Waals surface area (Å²) in [5, 5.41) is 8.42. The zero-order chi connectivity index (χ0) is 8.15. The predicted molar refractivity (Wildman–Crippen MR) is 42.5 cm³/mol. The molecule has 0 aliphatic carbocycles. The Morgan fingerprint density at radius 3 is 2.30 bits per heavy atom. The number of hydrogen-bond donors (Lipinski definition) is 3. The molecule has 5 N–H and O–H groups in total. The summed E-state index contributed by atoms with van der Waals surface area (Å²) in [5.41, 5.74) is 6.84. The van der Waals surface area contributed by atoms with Crippen LogP contribution in [0.3, 0.4) is 0 Å². The summed E-state index contributed by atoms with van der Waals surface area (Å²) in [6, 6.07) is 0. The van der Waals surface area contributed by atoms with Crippen LogP contribution in [-0.2, 0) is 0 Å². The van der Waals surface area contributed by atoms with Crippen LogP contribution in [0.4, 0.5) is 0 Å². The smallest absolute Gasteiger partial charge is 0.0408 e. The molecule has 0 rings (SSSR count). The first-order chi connectivity index (χ1) is 4.57. The van der Waals surface area contributed by atoms with Gasteiger partial charge in [-0.15, -0.1) is 0 Å². The van der Waals surface area contributed by atoms with Gasteiger partial charge in [0.1, 0.15) is 0 Å². The molecule has 0 aromatic rings. The van der Waals surface area contributed by atoms with Gasteiger partial charge in [0.15, 0.2) is 0 Å². The van der Waals surface area contributed by atoms with Crippen molar-refractivity contribution in [3.63, 3.8) is 0 Å². The lowest BCUT2D eigenvalue weighted by Crippen LogP contribution is -2.29. The maximum absolute atomic E-state index is 6.94. The van der Waals surface area contributed by atoms with Gasteiger partial charge in [0, 0.05) is 31.1 Å². The van der Waals surface area contributed by atoms with Crippen molar-refractivity contribution in [2.75, 3.05) is 13.6 Å². The van der Waals surface area contributed by atoms with Crippen LogP contribution in [0.5, 0.6) is 0 Å². The Balaban J connectivity index is 4.11. The summed E-state index contributed by atoms with van der Waals surface area (Å²) in [6.45, 7) is 2.27. The van der Waals surface area contributed by atoms with Gasteiger partial charge in [0.25, 0.3) is 0 Å². The Bertz CT molecular complexity index is 144. The number of allylic oxidation sites excluding steroid dienone is 1. The van der Waals surface area contributed by atoms with E-state index in [4.69, 9.17) is 17.0 Å². The minimum atomic E-state index is 0.520. The standard InChI is InChI=1S/C6H14N4/c1-5(8)6(3-7)4-10(2)9/h3,7H,4,8-9H2,1-2H3. The molecule has 0 heterocycles. The van der Waals surface area contributed by atoms with Crippen molar-refractivity contribution < 1.29 is 0 Å². The molecule has 0 saturated heterocycles. The fourth-order valence-corrected chi connectivity index (χ4v) is 0.553. The molecule has 0 fully saturated rings. The summed E-state index contributed by atoms with van der Waals surface area (Å²) in [5.74, 6) is 5.35. The molecule has 0 saturated carbocycles. The van der Waals surface area contributed by atoms with Gasteiger partial charge in [-0.2, -0.15) is 0 Å². The van der Waals surface area contributed by atoms with Crippen molar-refractivity contribution in [3.8, 4) is 0 Å². The molecule has 4 heteroatoms. The van der Waals surface area contributed by atoms with Crippen molar-refractivity contribution in [1.82, 2.24) is 5.01 Å². The Morgan fingerprint density at radius 1 is 1.70 bits per heavy atom. The minimum absolute atomic E-state index is 0.520. The second-order valence-corrected chi connectivity index (χ2v) is 2.27. The average molecular weight is 142 g/mol. The van der Waals surface area contributed by atoms with Crippen molar-refractivity contribution in [2.24, 2.45) is 11.6 Å². The molecule has 0 aromatic heterocycles. The second-order valence-electron chi connectivity index (χ2n) is 2.27. The van der Waals surface area contributed by atoms with Gasteiger partial charge >= 0.3 is 0 Å². The molecule has 0 aliphatic rings. The normalized spacial score (nSPS) is 13.2. The van der Waals surface area contributed by atoms with Gasteiger partial charge in [0.05, 0.1) is 0 Å². The second kappa shape index (κ2) is 4.03. The molecular weight excluding hydrogens is 128 g/mol. The average Bonchev–Trinajstić information content (AvgIpc) is 1.81. The fraction of sp³-hybridized carbons (Fsp3) is 0.500. The zero-order valence-corrected chi connectivity index (χ0v) is 6.39. The highest BCUT2D eigenvalue weighted by atomic mass is 15.4. The van der Waals surface area contributed by atoms with E-state index in [1.807, 2.05) is 0 Å². The van der Waals surface area contributed by atoms with E-state index in [1.165, 1.54) is 11.2 Å². The number of nitrogens with two attached hydrogens (primary N) is 2. The van der Waals surface area contributed by atoms with E-state index < -0.39 is 0 Å². The van der Waals surface area contributed by atoms with Crippen LogP contribution < -0.4 is 11.6 Å². The first kappa shape index (κ1) is 9.13. The number of hydrogen-bond acceptors (Lipinski definition) is 4. The Morgan fingerprint density at radius 2 is 2.20 bits per heavy atom. The highest BCUT2D eigenvalue weighted by Gasteiger charge is 1.97. The van der Waals surface area contributed by atoms with Crippen LogP contribution in [0.1, 0.15) is 6.92 Å². The zero-order valence-electron chi connectivity index (χ0n) is 6.39. The molecule has 0 amide bonds. The Labute approximate surface area is 61.0 Å². The minimum Gasteiger partial charge on any atom is -0.402 e. The molecule has 58 valence electrons. The van der Waals surface area contributed by atoms with Crippen molar-refractivity contribution in [3.05, 3.63) is 11.3 Å². The highest BCUT2D eigenvalue weighted by molar-refractivity contribution is 5.77. The van der Waals surface area contributed by atoms with Crippen molar-refractivity contribution >= 4 is 6.21 Å². The maximum Gasteiger partial charge on any atom is 0.0408 e. The molecular formula is C6H14N4. The van der Waals surface area contributed by atoms with E-state index in [0.717, 1.165) is 5.57 Å².